The summed E-state index contributed by atoms with van der Waals surface area (Å²) in [4.78, 5) is 21.4. The minimum Gasteiger partial charge on any atom is -0.493 e. The Bertz CT molecular complexity index is 993. The number of carbonyl (C=O) groups is 2. The largest absolute Gasteiger partial charge is 0.493 e. The first-order chi connectivity index (χ1) is 14.9. The molecule has 0 aliphatic heterocycles. The maximum absolute atomic E-state index is 9.55. The van der Waals surface area contributed by atoms with Crippen molar-refractivity contribution in [2.24, 2.45) is 0 Å². The number of rotatable bonds is 8. The fraction of sp³-hybridized carbons (Fsp3) is 0.200. The molecule has 31 heavy (non-hydrogen) atoms. The lowest BCUT2D eigenvalue weighted by molar-refractivity contribution is -0.134. The minimum absolute atomic E-state index is 0.367. The molecular formula is C25H27NO5. The Labute approximate surface area is 182 Å². The van der Waals surface area contributed by atoms with E-state index in [2.05, 4.69) is 91.8 Å². The number of carboxylic acid groups (broad SMARTS) is 2. The summed E-state index contributed by atoms with van der Waals surface area (Å²) in [5, 5.41) is 18.0. The number of carboxylic acids is 2. The van der Waals surface area contributed by atoms with Crippen molar-refractivity contribution in [1.29, 1.82) is 0 Å². The van der Waals surface area contributed by atoms with Crippen LogP contribution in [-0.4, -0.2) is 47.8 Å². The van der Waals surface area contributed by atoms with Gasteiger partial charge in [-0.05, 0) is 31.1 Å². The molecule has 1 atom stereocenters. The van der Waals surface area contributed by atoms with Gasteiger partial charge in [0.1, 0.15) is 5.75 Å². The van der Waals surface area contributed by atoms with E-state index in [1.807, 2.05) is 0 Å². The molecule has 0 fully saturated rings. The number of aliphatic carboxylic acids is 2. The Balaban J connectivity index is 0.000000366. The van der Waals surface area contributed by atoms with Gasteiger partial charge in [-0.15, -0.1) is 0 Å². The molecule has 0 aromatic heterocycles. The maximum Gasteiger partial charge on any atom is 0.328 e. The van der Waals surface area contributed by atoms with Crippen LogP contribution in [0.25, 0.3) is 10.8 Å². The van der Waals surface area contributed by atoms with Crippen molar-refractivity contribution in [3.8, 4) is 5.75 Å². The molecule has 0 unspecified atom stereocenters. The van der Waals surface area contributed by atoms with E-state index in [4.69, 9.17) is 14.9 Å². The van der Waals surface area contributed by atoms with Crippen LogP contribution in [0.3, 0.4) is 0 Å². The lowest BCUT2D eigenvalue weighted by Gasteiger charge is -2.25. The van der Waals surface area contributed by atoms with Gasteiger partial charge in [0.15, 0.2) is 0 Å². The Morgan fingerprint density at radius 3 is 2.06 bits per heavy atom. The summed E-state index contributed by atoms with van der Waals surface area (Å²) in [5.41, 5.74) is 1.33. The van der Waals surface area contributed by atoms with Crippen LogP contribution in [0.15, 0.2) is 84.9 Å². The quantitative estimate of drug-likeness (QED) is 0.516. The van der Waals surface area contributed by atoms with E-state index in [0.717, 1.165) is 12.2 Å². The molecule has 0 saturated carbocycles. The van der Waals surface area contributed by atoms with Crippen LogP contribution in [0.1, 0.15) is 18.0 Å². The van der Waals surface area contributed by atoms with Gasteiger partial charge in [0.2, 0.25) is 0 Å². The third-order valence-corrected chi connectivity index (χ3v) is 4.57. The molecule has 3 aromatic carbocycles. The fourth-order valence-electron chi connectivity index (χ4n) is 3.14. The summed E-state index contributed by atoms with van der Waals surface area (Å²) in [7, 11) is 4.24. The van der Waals surface area contributed by atoms with Crippen molar-refractivity contribution < 1.29 is 24.5 Å². The monoisotopic (exact) mass is 421 g/mol. The summed E-state index contributed by atoms with van der Waals surface area (Å²) in [6.45, 7) is 0.700. The van der Waals surface area contributed by atoms with Gasteiger partial charge >= 0.3 is 11.9 Å². The third kappa shape index (κ3) is 7.95. The summed E-state index contributed by atoms with van der Waals surface area (Å²) >= 11 is 0. The second-order valence-corrected chi connectivity index (χ2v) is 7.01. The van der Waals surface area contributed by atoms with Crippen LogP contribution in [0, 0.1) is 0 Å². The Kier molecular flexibility index (Phi) is 9.26. The average molecular weight is 421 g/mol. The maximum atomic E-state index is 9.55. The zero-order valence-corrected chi connectivity index (χ0v) is 17.6. The Morgan fingerprint density at radius 1 is 0.871 bits per heavy atom. The van der Waals surface area contributed by atoms with Crippen LogP contribution in [0.4, 0.5) is 0 Å². The Morgan fingerprint density at radius 2 is 1.45 bits per heavy atom. The van der Waals surface area contributed by atoms with Crippen molar-refractivity contribution in [3.05, 3.63) is 90.5 Å². The van der Waals surface area contributed by atoms with E-state index in [1.165, 1.54) is 16.3 Å². The fourth-order valence-corrected chi connectivity index (χ4v) is 3.14. The molecule has 3 rings (SSSR count). The normalized spacial score (nSPS) is 11.7. The predicted octanol–water partition coefficient (Wildman–Crippen LogP) is 4.62. The third-order valence-electron chi connectivity index (χ3n) is 4.57. The number of fused-ring (bicyclic) bond motifs is 1. The standard InChI is InChI=1S/C21H23NO.C4H4O4/c1-22(2)20(18-10-4-3-5-11-18)15-16-23-21-14-8-12-17-9-6-7-13-19(17)21;5-3(6)1-2-4(7)8/h3-14,20H,15-16H2,1-2H3;1-2H,(H,5,6)(H,7,8)/t20-;/m0./s1. The first-order valence-corrected chi connectivity index (χ1v) is 9.84. The summed E-state index contributed by atoms with van der Waals surface area (Å²) in [6.07, 6.45) is 2.07. The topological polar surface area (TPSA) is 87.1 Å². The van der Waals surface area contributed by atoms with Crippen molar-refractivity contribution in [2.75, 3.05) is 20.7 Å². The summed E-state index contributed by atoms with van der Waals surface area (Å²) in [6, 6.07) is 25.6. The van der Waals surface area contributed by atoms with E-state index in [0.29, 0.717) is 24.8 Å². The number of ether oxygens (including phenoxy) is 1. The zero-order chi connectivity index (χ0) is 22.6. The minimum atomic E-state index is -1.26. The molecule has 0 saturated heterocycles. The van der Waals surface area contributed by atoms with Gasteiger partial charge in [0.25, 0.3) is 0 Å². The highest BCUT2D eigenvalue weighted by molar-refractivity contribution is 5.89. The zero-order valence-electron chi connectivity index (χ0n) is 17.6. The van der Waals surface area contributed by atoms with E-state index >= 15 is 0 Å². The first-order valence-electron chi connectivity index (χ1n) is 9.84. The number of hydrogen-bond donors (Lipinski definition) is 2. The average Bonchev–Trinajstić information content (AvgIpc) is 2.76. The molecule has 0 spiro atoms. The highest BCUT2D eigenvalue weighted by Crippen LogP contribution is 2.27. The van der Waals surface area contributed by atoms with Gasteiger partial charge in [-0.25, -0.2) is 9.59 Å². The SMILES string of the molecule is CN(C)[C@@H](CCOc1cccc2ccccc12)c1ccccc1.O=C(O)C=CC(=O)O. The second kappa shape index (κ2) is 12.1. The lowest BCUT2D eigenvalue weighted by atomic mass is 10.0. The molecule has 0 radical (unpaired) electrons. The number of nitrogens with zero attached hydrogens (tertiary/aromatic N) is 1. The molecule has 0 amide bonds. The molecule has 3 aromatic rings. The van der Waals surface area contributed by atoms with Crippen molar-refractivity contribution in [2.45, 2.75) is 12.5 Å². The molecule has 162 valence electrons. The molecule has 0 aliphatic rings. The second-order valence-electron chi connectivity index (χ2n) is 7.01. The van der Waals surface area contributed by atoms with Gasteiger partial charge < -0.3 is 19.8 Å². The lowest BCUT2D eigenvalue weighted by Crippen LogP contribution is -2.22. The number of hydrogen-bond acceptors (Lipinski definition) is 4. The van der Waals surface area contributed by atoms with Crippen molar-refractivity contribution >= 4 is 22.7 Å². The van der Waals surface area contributed by atoms with Gasteiger partial charge in [0, 0.05) is 30.0 Å². The van der Waals surface area contributed by atoms with E-state index in [1.54, 1.807) is 0 Å². The summed E-state index contributed by atoms with van der Waals surface area (Å²) in [5.74, 6) is -1.55. The van der Waals surface area contributed by atoms with E-state index in [9.17, 15) is 9.59 Å². The van der Waals surface area contributed by atoms with Crippen molar-refractivity contribution in [1.82, 2.24) is 4.90 Å². The molecule has 0 bridgehead atoms. The highest BCUT2D eigenvalue weighted by Gasteiger charge is 2.14. The molecule has 0 aliphatic carbocycles. The van der Waals surface area contributed by atoms with Gasteiger partial charge in [-0.1, -0.05) is 66.7 Å². The smallest absolute Gasteiger partial charge is 0.328 e. The van der Waals surface area contributed by atoms with Crippen molar-refractivity contribution in [3.63, 3.8) is 0 Å². The predicted molar refractivity (Wildman–Crippen MR) is 121 cm³/mol. The molecule has 0 heterocycles. The molecular weight excluding hydrogens is 394 g/mol. The molecule has 6 heteroatoms. The van der Waals surface area contributed by atoms with Crippen LogP contribution in [0.2, 0.25) is 0 Å². The van der Waals surface area contributed by atoms with Crippen LogP contribution in [0.5, 0.6) is 5.75 Å². The Hall–Kier alpha value is -3.64. The van der Waals surface area contributed by atoms with Gasteiger partial charge in [-0.2, -0.15) is 0 Å². The van der Waals surface area contributed by atoms with Crippen LogP contribution in [-0.2, 0) is 9.59 Å². The highest BCUT2D eigenvalue weighted by atomic mass is 16.5. The van der Waals surface area contributed by atoms with Crippen LogP contribution < -0.4 is 4.74 Å². The number of benzene rings is 3. The van der Waals surface area contributed by atoms with Crippen LogP contribution >= 0.6 is 0 Å². The van der Waals surface area contributed by atoms with Gasteiger partial charge in [-0.3, -0.25) is 0 Å². The summed E-state index contributed by atoms with van der Waals surface area (Å²) < 4.78 is 6.09. The van der Waals surface area contributed by atoms with Gasteiger partial charge in [0.05, 0.1) is 6.61 Å². The first kappa shape index (κ1) is 23.6. The van der Waals surface area contributed by atoms with E-state index in [-0.39, 0.29) is 0 Å². The molecule has 6 nitrogen and oxygen atoms in total. The molecule has 2 N–H and O–H groups in total. The van der Waals surface area contributed by atoms with E-state index < -0.39 is 11.9 Å².